The van der Waals surface area contributed by atoms with Gasteiger partial charge in [0.05, 0.1) is 12.4 Å². The van der Waals surface area contributed by atoms with Crippen molar-refractivity contribution in [1.29, 1.82) is 0 Å². The van der Waals surface area contributed by atoms with Crippen LogP contribution in [0.4, 0.5) is 10.1 Å². The molecule has 0 radical (unpaired) electrons. The van der Waals surface area contributed by atoms with E-state index in [1.54, 1.807) is 17.6 Å². The van der Waals surface area contributed by atoms with E-state index in [1.165, 1.54) is 36.7 Å². The summed E-state index contributed by atoms with van der Waals surface area (Å²) in [5, 5.41) is 11.4. The molecule has 0 aliphatic carbocycles. The summed E-state index contributed by atoms with van der Waals surface area (Å²) in [6.45, 7) is 10.2. The van der Waals surface area contributed by atoms with Gasteiger partial charge in [0.25, 0.3) is 0 Å². The molecule has 2 aromatic heterocycles. The summed E-state index contributed by atoms with van der Waals surface area (Å²) in [5.74, 6) is 0.0139. The number of pyridine rings is 1. The predicted octanol–water partition coefficient (Wildman–Crippen LogP) is 4.92. The normalized spacial score (nSPS) is 11.9. The number of rotatable bonds is 9. The molecule has 0 fully saturated rings. The molecular weight excluding hydrogens is 429 g/mol. The number of benzene rings is 1. The first-order valence-electron chi connectivity index (χ1n) is 10.2. The molecule has 3 rings (SSSR count). The van der Waals surface area contributed by atoms with E-state index in [1.807, 2.05) is 24.3 Å². The first-order chi connectivity index (χ1) is 15.3. The fourth-order valence-corrected chi connectivity index (χ4v) is 3.85. The number of nitrogens with zero attached hydrogens (tertiary/aromatic N) is 4. The number of aromatic nitrogens is 4. The van der Waals surface area contributed by atoms with Crippen molar-refractivity contribution in [3.05, 3.63) is 60.6 Å². The largest absolute Gasteiger partial charge is 0.479 e. The lowest BCUT2D eigenvalue weighted by molar-refractivity contribution is -0.115. The van der Waals surface area contributed by atoms with Crippen molar-refractivity contribution in [3.8, 4) is 17.3 Å². The summed E-state index contributed by atoms with van der Waals surface area (Å²) < 4.78 is 20.8. The molecule has 1 atom stereocenters. The van der Waals surface area contributed by atoms with Crippen LogP contribution >= 0.6 is 11.8 Å². The second-order valence-electron chi connectivity index (χ2n) is 7.45. The number of hydrogen-bond donors (Lipinski definition) is 1. The Kier molecular flexibility index (Phi) is 7.63. The molecule has 168 valence electrons. The second-order valence-corrected chi connectivity index (χ2v) is 8.75. The van der Waals surface area contributed by atoms with E-state index in [4.69, 9.17) is 4.74 Å². The third-order valence-electron chi connectivity index (χ3n) is 4.78. The van der Waals surface area contributed by atoms with Crippen LogP contribution in [-0.2, 0) is 11.3 Å². The first-order valence-corrected chi connectivity index (χ1v) is 11.0. The maximum atomic E-state index is 14.1. The van der Waals surface area contributed by atoms with Gasteiger partial charge in [-0.2, -0.15) is 0 Å². The first kappa shape index (κ1) is 23.5. The van der Waals surface area contributed by atoms with Gasteiger partial charge in [-0.25, -0.2) is 9.37 Å². The van der Waals surface area contributed by atoms with Crippen LogP contribution in [0.15, 0.2) is 54.3 Å². The molecule has 0 bridgehead atoms. The Hall–Kier alpha value is -3.20. The van der Waals surface area contributed by atoms with Crippen molar-refractivity contribution >= 4 is 23.4 Å². The van der Waals surface area contributed by atoms with Gasteiger partial charge in [0.15, 0.2) is 16.8 Å². The minimum Gasteiger partial charge on any atom is -0.479 e. The molecule has 32 heavy (non-hydrogen) atoms. The molecule has 1 amide bonds. The maximum absolute atomic E-state index is 14.1. The molecule has 0 aliphatic rings. The van der Waals surface area contributed by atoms with Crippen molar-refractivity contribution in [1.82, 2.24) is 19.7 Å². The Morgan fingerprint density at radius 3 is 2.59 bits per heavy atom. The molecule has 2 heterocycles. The predicted molar refractivity (Wildman–Crippen MR) is 124 cm³/mol. The minimum absolute atomic E-state index is 0.0927. The highest BCUT2D eigenvalue weighted by Crippen LogP contribution is 2.29. The molecule has 0 spiro atoms. The molecule has 1 aromatic carbocycles. The fourth-order valence-electron chi connectivity index (χ4n) is 2.99. The number of hydrogen-bond acceptors (Lipinski definition) is 6. The van der Waals surface area contributed by atoms with E-state index < -0.39 is 11.1 Å². The van der Waals surface area contributed by atoms with Gasteiger partial charge in [-0.05, 0) is 36.6 Å². The molecular formula is C23H26FN5O2S. The van der Waals surface area contributed by atoms with Gasteiger partial charge in [-0.15, -0.1) is 16.8 Å². The summed E-state index contributed by atoms with van der Waals surface area (Å²) in [5.41, 5.74) is 2.40. The molecule has 9 heteroatoms. The number of amides is 1. The number of methoxy groups -OCH3 is 1. The molecule has 0 aliphatic heterocycles. The van der Waals surface area contributed by atoms with Gasteiger partial charge in [0, 0.05) is 24.0 Å². The van der Waals surface area contributed by atoms with Crippen LogP contribution in [0.2, 0.25) is 0 Å². The zero-order chi connectivity index (χ0) is 23.3. The standard InChI is InChI=1S/C23H26FN5O2S/c1-6-11-29-20(17-12-19(24)22(31-5)25-13-17)27-28-23(29)32-15(4)21(30)26-18-9-7-16(8-10-18)14(2)3/h6-10,12-15H,1,11H2,2-5H3,(H,26,30). The van der Waals surface area contributed by atoms with E-state index in [-0.39, 0.29) is 11.8 Å². The smallest absolute Gasteiger partial charge is 0.250 e. The average molecular weight is 456 g/mol. The van der Waals surface area contributed by atoms with Gasteiger partial charge in [0.1, 0.15) is 0 Å². The van der Waals surface area contributed by atoms with Crippen LogP contribution < -0.4 is 10.1 Å². The van der Waals surface area contributed by atoms with Gasteiger partial charge in [0.2, 0.25) is 11.8 Å². The van der Waals surface area contributed by atoms with E-state index in [9.17, 15) is 9.18 Å². The number of nitrogens with one attached hydrogen (secondary N) is 1. The third-order valence-corrected chi connectivity index (χ3v) is 5.86. The summed E-state index contributed by atoms with van der Waals surface area (Å²) in [6, 6.07) is 9.10. The topological polar surface area (TPSA) is 81.9 Å². The molecule has 7 nitrogen and oxygen atoms in total. The molecule has 0 saturated heterocycles. The lowest BCUT2D eigenvalue weighted by Crippen LogP contribution is -2.23. The monoisotopic (exact) mass is 455 g/mol. The number of ether oxygens (including phenoxy) is 1. The van der Waals surface area contributed by atoms with Crippen LogP contribution in [0.3, 0.4) is 0 Å². The Morgan fingerprint density at radius 2 is 2.00 bits per heavy atom. The average Bonchev–Trinajstić information content (AvgIpc) is 3.16. The Bertz CT molecular complexity index is 1100. The summed E-state index contributed by atoms with van der Waals surface area (Å²) >= 11 is 1.26. The van der Waals surface area contributed by atoms with Crippen LogP contribution in [0.1, 0.15) is 32.3 Å². The Morgan fingerprint density at radius 1 is 1.28 bits per heavy atom. The van der Waals surface area contributed by atoms with E-state index in [2.05, 4.69) is 40.9 Å². The number of thioether (sulfide) groups is 1. The van der Waals surface area contributed by atoms with Gasteiger partial charge < -0.3 is 10.1 Å². The highest BCUT2D eigenvalue weighted by atomic mass is 32.2. The van der Waals surface area contributed by atoms with E-state index >= 15 is 0 Å². The van der Waals surface area contributed by atoms with Gasteiger partial charge in [-0.1, -0.05) is 43.8 Å². The highest BCUT2D eigenvalue weighted by Gasteiger charge is 2.21. The summed E-state index contributed by atoms with van der Waals surface area (Å²) in [6.07, 6.45) is 3.15. The van der Waals surface area contributed by atoms with E-state index in [0.29, 0.717) is 29.0 Å². The van der Waals surface area contributed by atoms with Crippen molar-refractivity contribution in [2.24, 2.45) is 0 Å². The van der Waals surface area contributed by atoms with Crippen LogP contribution in [-0.4, -0.2) is 38.0 Å². The van der Waals surface area contributed by atoms with E-state index in [0.717, 1.165) is 5.69 Å². The Balaban J connectivity index is 1.76. The number of allylic oxidation sites excluding steroid dienone is 1. The van der Waals surface area contributed by atoms with Crippen molar-refractivity contribution in [3.63, 3.8) is 0 Å². The van der Waals surface area contributed by atoms with Crippen molar-refractivity contribution < 1.29 is 13.9 Å². The molecule has 0 saturated carbocycles. The zero-order valence-electron chi connectivity index (χ0n) is 18.5. The summed E-state index contributed by atoms with van der Waals surface area (Å²) in [7, 11) is 1.35. The number of carbonyl (C=O) groups excluding carboxylic acids is 1. The molecule has 1 unspecified atom stereocenters. The second kappa shape index (κ2) is 10.4. The summed E-state index contributed by atoms with van der Waals surface area (Å²) in [4.78, 5) is 16.7. The van der Waals surface area contributed by atoms with Crippen LogP contribution in [0.5, 0.6) is 5.88 Å². The number of anilines is 1. The van der Waals surface area contributed by atoms with Crippen LogP contribution in [0.25, 0.3) is 11.4 Å². The highest BCUT2D eigenvalue weighted by molar-refractivity contribution is 8.00. The van der Waals surface area contributed by atoms with Crippen LogP contribution in [0, 0.1) is 5.82 Å². The molecule has 3 aromatic rings. The van der Waals surface area contributed by atoms with Crippen molar-refractivity contribution in [2.75, 3.05) is 12.4 Å². The zero-order valence-corrected chi connectivity index (χ0v) is 19.3. The number of halogens is 1. The lowest BCUT2D eigenvalue weighted by Gasteiger charge is -2.13. The fraction of sp³-hybridized carbons (Fsp3) is 0.304. The minimum atomic E-state index is -0.594. The molecule has 1 N–H and O–H groups in total. The lowest BCUT2D eigenvalue weighted by atomic mass is 10.0. The Labute approximate surface area is 191 Å². The third kappa shape index (κ3) is 5.34. The van der Waals surface area contributed by atoms with Gasteiger partial charge >= 0.3 is 0 Å². The maximum Gasteiger partial charge on any atom is 0.250 e. The quantitative estimate of drug-likeness (QED) is 0.364. The number of carbonyl (C=O) groups is 1. The van der Waals surface area contributed by atoms with Crippen molar-refractivity contribution in [2.45, 2.75) is 43.6 Å². The SMILES string of the molecule is C=CCn1c(SC(C)C(=O)Nc2ccc(C(C)C)cc2)nnc1-c1cnc(OC)c(F)c1. The van der Waals surface area contributed by atoms with Gasteiger partial charge in [-0.3, -0.25) is 9.36 Å².